The van der Waals surface area contributed by atoms with Crippen molar-refractivity contribution in [2.75, 3.05) is 13.2 Å². The fraction of sp³-hybridized carbons (Fsp3) is 0.613. The SMILES string of the molecule is CCCCOc1ccc(C2CCC(c3ccc(C4CCC(CCC)CC4)c(C(F)F)c3F)OC2)cc1. The molecule has 198 valence electrons. The van der Waals surface area contributed by atoms with E-state index in [0.29, 0.717) is 24.5 Å². The van der Waals surface area contributed by atoms with Crippen LogP contribution in [-0.4, -0.2) is 13.2 Å². The molecule has 2 fully saturated rings. The smallest absolute Gasteiger partial charge is 0.266 e. The number of benzene rings is 2. The maximum Gasteiger partial charge on any atom is 0.266 e. The summed E-state index contributed by atoms with van der Waals surface area (Å²) in [4.78, 5) is 0. The highest BCUT2D eigenvalue weighted by molar-refractivity contribution is 5.39. The molecule has 0 N–H and O–H groups in total. The summed E-state index contributed by atoms with van der Waals surface area (Å²) < 4.78 is 55.6. The Morgan fingerprint density at radius 1 is 0.861 bits per heavy atom. The summed E-state index contributed by atoms with van der Waals surface area (Å²) in [5, 5.41) is 0. The van der Waals surface area contributed by atoms with Crippen LogP contribution in [0.25, 0.3) is 0 Å². The summed E-state index contributed by atoms with van der Waals surface area (Å²) in [7, 11) is 0. The third-order valence-corrected chi connectivity index (χ3v) is 8.19. The quantitative estimate of drug-likeness (QED) is 0.301. The van der Waals surface area contributed by atoms with Crippen LogP contribution < -0.4 is 4.74 Å². The van der Waals surface area contributed by atoms with Crippen molar-refractivity contribution < 1.29 is 22.6 Å². The molecular weight excluding hydrogens is 461 g/mol. The van der Waals surface area contributed by atoms with Crippen LogP contribution in [-0.2, 0) is 4.74 Å². The summed E-state index contributed by atoms with van der Waals surface area (Å²) in [6.45, 7) is 5.49. The van der Waals surface area contributed by atoms with Crippen molar-refractivity contribution in [3.63, 3.8) is 0 Å². The van der Waals surface area contributed by atoms with Gasteiger partial charge in [0.1, 0.15) is 11.6 Å². The van der Waals surface area contributed by atoms with E-state index >= 15 is 4.39 Å². The van der Waals surface area contributed by atoms with Crippen LogP contribution in [0.4, 0.5) is 13.2 Å². The van der Waals surface area contributed by atoms with Crippen molar-refractivity contribution >= 4 is 0 Å². The molecule has 1 aliphatic heterocycles. The molecule has 2 aromatic rings. The van der Waals surface area contributed by atoms with Gasteiger partial charge in [0.15, 0.2) is 0 Å². The molecule has 1 aliphatic carbocycles. The lowest BCUT2D eigenvalue weighted by molar-refractivity contribution is -0.0000190. The highest BCUT2D eigenvalue weighted by Gasteiger charge is 2.32. The Bertz CT molecular complexity index is 943. The zero-order chi connectivity index (χ0) is 25.5. The van der Waals surface area contributed by atoms with Gasteiger partial charge in [0.25, 0.3) is 6.43 Å². The molecule has 1 heterocycles. The molecule has 1 saturated heterocycles. The van der Waals surface area contributed by atoms with Gasteiger partial charge < -0.3 is 9.47 Å². The lowest BCUT2D eigenvalue weighted by atomic mass is 9.75. The van der Waals surface area contributed by atoms with E-state index in [-0.39, 0.29) is 17.4 Å². The molecule has 2 aliphatic rings. The third-order valence-electron chi connectivity index (χ3n) is 8.19. The molecule has 36 heavy (non-hydrogen) atoms. The Morgan fingerprint density at radius 2 is 1.56 bits per heavy atom. The standard InChI is InChI=1S/C31H41F3O2/c1-3-5-19-35-25-14-11-22(12-15-25)24-13-18-28(36-20-24)27-17-16-26(29(30(27)32)31(33)34)23-9-7-21(6-4-2)8-10-23/h11-12,14-17,21,23-24,28,31H,3-10,13,18-20H2,1-2H3. The van der Waals surface area contributed by atoms with E-state index in [9.17, 15) is 8.78 Å². The van der Waals surface area contributed by atoms with Crippen molar-refractivity contribution in [2.24, 2.45) is 5.92 Å². The van der Waals surface area contributed by atoms with Crippen molar-refractivity contribution in [1.82, 2.24) is 0 Å². The Hall–Kier alpha value is -2.01. The molecule has 2 atom stereocenters. The van der Waals surface area contributed by atoms with Crippen LogP contribution in [0.5, 0.6) is 5.75 Å². The van der Waals surface area contributed by atoms with Crippen molar-refractivity contribution in [1.29, 1.82) is 0 Å². The Balaban J connectivity index is 1.40. The predicted octanol–water partition coefficient (Wildman–Crippen LogP) is 9.65. The minimum absolute atomic E-state index is 0.0243. The van der Waals surface area contributed by atoms with Crippen LogP contribution in [0.15, 0.2) is 36.4 Å². The van der Waals surface area contributed by atoms with E-state index in [1.807, 2.05) is 12.1 Å². The van der Waals surface area contributed by atoms with E-state index in [1.54, 1.807) is 12.1 Å². The van der Waals surface area contributed by atoms with Crippen LogP contribution in [0.2, 0.25) is 0 Å². The zero-order valence-electron chi connectivity index (χ0n) is 21.8. The Labute approximate surface area is 214 Å². The summed E-state index contributed by atoms with van der Waals surface area (Å²) in [6.07, 6.45) is 6.44. The average Bonchev–Trinajstić information content (AvgIpc) is 2.90. The lowest BCUT2D eigenvalue weighted by Gasteiger charge is -2.32. The lowest BCUT2D eigenvalue weighted by Crippen LogP contribution is -2.21. The van der Waals surface area contributed by atoms with E-state index in [2.05, 4.69) is 26.0 Å². The Kier molecular flexibility index (Phi) is 9.75. The molecule has 0 spiro atoms. The molecule has 5 heteroatoms. The molecule has 2 unspecified atom stereocenters. The summed E-state index contributed by atoms with van der Waals surface area (Å²) in [5.41, 5.74) is 1.57. The van der Waals surface area contributed by atoms with Crippen LogP contribution in [0, 0.1) is 11.7 Å². The number of hydrogen-bond donors (Lipinski definition) is 0. The van der Waals surface area contributed by atoms with Crippen molar-refractivity contribution in [3.8, 4) is 5.75 Å². The number of rotatable bonds is 10. The highest BCUT2D eigenvalue weighted by Crippen LogP contribution is 2.44. The molecule has 0 radical (unpaired) electrons. The van der Waals surface area contributed by atoms with Gasteiger partial charge in [-0.1, -0.05) is 57.4 Å². The molecule has 1 saturated carbocycles. The number of unbranched alkanes of at least 4 members (excludes halogenated alkanes) is 1. The fourth-order valence-corrected chi connectivity index (χ4v) is 6.05. The van der Waals surface area contributed by atoms with Crippen LogP contribution >= 0.6 is 0 Å². The second-order valence-corrected chi connectivity index (χ2v) is 10.6. The first-order valence-corrected chi connectivity index (χ1v) is 14.0. The maximum atomic E-state index is 15.5. The largest absolute Gasteiger partial charge is 0.494 e. The summed E-state index contributed by atoms with van der Waals surface area (Å²) in [6, 6.07) is 11.6. The van der Waals surface area contributed by atoms with Gasteiger partial charge in [-0.2, -0.15) is 0 Å². The molecule has 2 aromatic carbocycles. The zero-order valence-corrected chi connectivity index (χ0v) is 21.8. The number of alkyl halides is 2. The minimum Gasteiger partial charge on any atom is -0.494 e. The van der Waals surface area contributed by atoms with Crippen molar-refractivity contribution in [3.05, 3.63) is 64.5 Å². The van der Waals surface area contributed by atoms with Crippen LogP contribution in [0.1, 0.15) is 125 Å². The number of hydrogen-bond acceptors (Lipinski definition) is 2. The van der Waals surface area contributed by atoms with E-state index < -0.39 is 23.9 Å². The second-order valence-electron chi connectivity index (χ2n) is 10.6. The van der Waals surface area contributed by atoms with Gasteiger partial charge >= 0.3 is 0 Å². The minimum atomic E-state index is -2.82. The molecule has 0 aromatic heterocycles. The number of ether oxygens (including phenoxy) is 2. The normalized spacial score (nSPS) is 24.7. The maximum absolute atomic E-state index is 15.5. The van der Waals surface area contributed by atoms with Gasteiger partial charge in [-0.15, -0.1) is 0 Å². The van der Waals surface area contributed by atoms with Gasteiger partial charge in [-0.05, 0) is 80.0 Å². The fourth-order valence-electron chi connectivity index (χ4n) is 6.05. The average molecular weight is 503 g/mol. The third kappa shape index (κ3) is 6.45. The number of halogens is 3. The molecular formula is C31H41F3O2. The monoisotopic (exact) mass is 502 g/mol. The van der Waals surface area contributed by atoms with E-state index in [4.69, 9.17) is 9.47 Å². The summed E-state index contributed by atoms with van der Waals surface area (Å²) in [5.74, 6) is 1.02. The van der Waals surface area contributed by atoms with Crippen molar-refractivity contribution in [2.45, 2.75) is 102 Å². The van der Waals surface area contributed by atoms with E-state index in [1.165, 1.54) is 12.0 Å². The van der Waals surface area contributed by atoms with Gasteiger partial charge in [0, 0.05) is 11.5 Å². The van der Waals surface area contributed by atoms with Gasteiger partial charge in [-0.25, -0.2) is 13.2 Å². The highest BCUT2D eigenvalue weighted by atomic mass is 19.3. The van der Waals surface area contributed by atoms with Gasteiger partial charge in [0.2, 0.25) is 0 Å². The first kappa shape index (κ1) is 27.0. The molecule has 4 rings (SSSR count). The van der Waals surface area contributed by atoms with Crippen LogP contribution in [0.3, 0.4) is 0 Å². The molecule has 0 amide bonds. The summed E-state index contributed by atoms with van der Waals surface area (Å²) >= 11 is 0. The first-order chi connectivity index (χ1) is 17.5. The van der Waals surface area contributed by atoms with Gasteiger partial charge in [0.05, 0.1) is 24.9 Å². The first-order valence-electron chi connectivity index (χ1n) is 14.0. The topological polar surface area (TPSA) is 18.5 Å². The molecule has 0 bridgehead atoms. The predicted molar refractivity (Wildman–Crippen MR) is 138 cm³/mol. The van der Waals surface area contributed by atoms with E-state index in [0.717, 1.165) is 63.7 Å². The molecule has 2 nitrogen and oxygen atoms in total. The van der Waals surface area contributed by atoms with Gasteiger partial charge in [-0.3, -0.25) is 0 Å². The Morgan fingerprint density at radius 3 is 2.17 bits per heavy atom. The second kappa shape index (κ2) is 13.0.